The topological polar surface area (TPSA) is 32.3 Å². The zero-order chi connectivity index (χ0) is 13.7. The van der Waals surface area contributed by atoms with E-state index in [1.807, 2.05) is 24.3 Å². The number of hydrogen-bond acceptors (Lipinski definition) is 3. The van der Waals surface area contributed by atoms with E-state index in [9.17, 15) is 4.79 Å². The van der Waals surface area contributed by atoms with E-state index in [-0.39, 0.29) is 6.04 Å². The molecule has 0 saturated carbocycles. The third-order valence-corrected chi connectivity index (χ3v) is 3.83. The number of hydrogen-bond donors (Lipinski definition) is 1. The van der Waals surface area contributed by atoms with Gasteiger partial charge in [0.1, 0.15) is 5.78 Å². The fourth-order valence-corrected chi connectivity index (χ4v) is 2.37. The maximum absolute atomic E-state index is 11.2. The molecule has 1 aromatic rings. The van der Waals surface area contributed by atoms with Gasteiger partial charge in [0, 0.05) is 37.1 Å². The molecule has 1 aliphatic rings. The van der Waals surface area contributed by atoms with Crippen LogP contribution < -0.4 is 5.32 Å². The first kappa shape index (κ1) is 14.3. The van der Waals surface area contributed by atoms with E-state index in [0.717, 1.165) is 29.8 Å². The Morgan fingerprint density at radius 2 is 1.95 bits per heavy atom. The normalized spacial score (nSPS) is 18.0. The molecule has 1 aromatic carbocycles. The molecule has 1 N–H and O–H groups in total. The molecule has 19 heavy (non-hydrogen) atoms. The van der Waals surface area contributed by atoms with Gasteiger partial charge < -0.3 is 0 Å². The summed E-state index contributed by atoms with van der Waals surface area (Å²) < 4.78 is 1.04. The predicted octanol–water partition coefficient (Wildman–Crippen LogP) is 2.34. The molecule has 1 aliphatic heterocycles. The molecular weight excluding hydrogens is 304 g/mol. The van der Waals surface area contributed by atoms with Crippen molar-refractivity contribution in [3.05, 3.63) is 34.3 Å². The molecule has 0 spiro atoms. The van der Waals surface area contributed by atoms with Crippen molar-refractivity contribution in [1.82, 2.24) is 10.2 Å². The number of halogens is 1. The highest BCUT2D eigenvalue weighted by Crippen LogP contribution is 2.16. The van der Waals surface area contributed by atoms with Crippen LogP contribution in [0.1, 0.15) is 24.4 Å². The molecule has 0 amide bonds. The van der Waals surface area contributed by atoms with Crippen LogP contribution in [0.2, 0.25) is 0 Å². The Hall–Kier alpha value is -1.15. The highest BCUT2D eigenvalue weighted by molar-refractivity contribution is 9.10. The van der Waals surface area contributed by atoms with Crippen LogP contribution >= 0.6 is 15.9 Å². The highest BCUT2D eigenvalue weighted by Gasteiger charge is 2.16. The van der Waals surface area contributed by atoms with Gasteiger partial charge in [0.05, 0.1) is 6.04 Å². The zero-order valence-electron chi connectivity index (χ0n) is 10.7. The van der Waals surface area contributed by atoms with Crippen molar-refractivity contribution in [3.8, 4) is 12.3 Å². The number of carbonyl (C=O) groups is 1. The number of Topliss-reactive ketones (excluding diaryl/α,β-unsaturated/α-hetero) is 1. The molecule has 1 heterocycles. The van der Waals surface area contributed by atoms with Crippen LogP contribution in [0.4, 0.5) is 0 Å². The Bertz CT molecular complexity index is 468. The quantitative estimate of drug-likeness (QED) is 0.864. The Balaban J connectivity index is 1.88. The predicted molar refractivity (Wildman–Crippen MR) is 79.5 cm³/mol. The molecule has 1 unspecified atom stereocenters. The van der Waals surface area contributed by atoms with Crippen molar-refractivity contribution in [2.24, 2.45) is 0 Å². The fraction of sp³-hybridized carbons (Fsp3) is 0.400. The first-order valence-electron chi connectivity index (χ1n) is 6.38. The SMILES string of the molecule is C#CC(NCN1CCC(=O)CC1)c1ccc(Br)cc1. The molecule has 0 bridgehead atoms. The minimum Gasteiger partial charge on any atom is -0.300 e. The third-order valence-electron chi connectivity index (χ3n) is 3.30. The van der Waals surface area contributed by atoms with Crippen molar-refractivity contribution in [3.63, 3.8) is 0 Å². The number of rotatable bonds is 4. The molecule has 1 atom stereocenters. The summed E-state index contributed by atoms with van der Waals surface area (Å²) in [5.74, 6) is 3.13. The van der Waals surface area contributed by atoms with E-state index in [1.54, 1.807) is 0 Å². The molecule has 0 aromatic heterocycles. The van der Waals surface area contributed by atoms with Gasteiger partial charge in [-0.25, -0.2) is 0 Å². The van der Waals surface area contributed by atoms with Crippen LogP contribution in [-0.4, -0.2) is 30.4 Å². The van der Waals surface area contributed by atoms with E-state index in [0.29, 0.717) is 18.6 Å². The molecule has 1 fully saturated rings. The van der Waals surface area contributed by atoms with E-state index in [1.165, 1.54) is 0 Å². The average molecular weight is 321 g/mol. The van der Waals surface area contributed by atoms with Gasteiger partial charge in [-0.05, 0) is 17.7 Å². The molecule has 100 valence electrons. The molecule has 2 rings (SSSR count). The van der Waals surface area contributed by atoms with Crippen LogP contribution in [-0.2, 0) is 4.79 Å². The minimum atomic E-state index is -0.0919. The lowest BCUT2D eigenvalue weighted by Crippen LogP contribution is -2.41. The average Bonchev–Trinajstić information content (AvgIpc) is 2.43. The van der Waals surface area contributed by atoms with Crippen molar-refractivity contribution in [2.45, 2.75) is 18.9 Å². The van der Waals surface area contributed by atoms with Gasteiger partial charge in [0.15, 0.2) is 0 Å². The first-order valence-corrected chi connectivity index (χ1v) is 7.17. The maximum atomic E-state index is 11.2. The van der Waals surface area contributed by atoms with Crippen molar-refractivity contribution in [1.29, 1.82) is 0 Å². The summed E-state index contributed by atoms with van der Waals surface area (Å²) in [5, 5.41) is 3.35. The number of nitrogens with zero attached hydrogens (tertiary/aromatic N) is 1. The maximum Gasteiger partial charge on any atom is 0.135 e. The van der Waals surface area contributed by atoms with Gasteiger partial charge in [-0.3, -0.25) is 15.0 Å². The fourth-order valence-electron chi connectivity index (χ4n) is 2.11. The van der Waals surface area contributed by atoms with Crippen molar-refractivity contribution >= 4 is 21.7 Å². The lowest BCUT2D eigenvalue weighted by Gasteiger charge is -2.27. The van der Waals surface area contributed by atoms with Crippen LogP contribution in [0.25, 0.3) is 0 Å². The summed E-state index contributed by atoms with van der Waals surface area (Å²) in [6, 6.07) is 7.91. The summed E-state index contributed by atoms with van der Waals surface area (Å²) in [5.41, 5.74) is 1.08. The number of piperidine rings is 1. The van der Waals surface area contributed by atoms with Crippen LogP contribution in [0.3, 0.4) is 0 Å². The summed E-state index contributed by atoms with van der Waals surface area (Å²) >= 11 is 3.41. The largest absolute Gasteiger partial charge is 0.300 e. The second-order valence-corrected chi connectivity index (χ2v) is 5.59. The van der Waals surface area contributed by atoms with E-state index in [2.05, 4.69) is 32.1 Å². The van der Waals surface area contributed by atoms with Gasteiger partial charge in [0.25, 0.3) is 0 Å². The molecule has 1 saturated heterocycles. The van der Waals surface area contributed by atoms with Gasteiger partial charge in [-0.15, -0.1) is 6.42 Å². The third kappa shape index (κ3) is 4.17. The molecular formula is C15H17BrN2O. The number of benzene rings is 1. The zero-order valence-corrected chi connectivity index (χ0v) is 12.3. The van der Waals surface area contributed by atoms with Crippen LogP contribution in [0.5, 0.6) is 0 Å². The Labute approximate surface area is 122 Å². The minimum absolute atomic E-state index is 0.0919. The highest BCUT2D eigenvalue weighted by atomic mass is 79.9. The molecule has 3 nitrogen and oxygen atoms in total. The molecule has 0 aliphatic carbocycles. The number of carbonyl (C=O) groups excluding carboxylic acids is 1. The smallest absolute Gasteiger partial charge is 0.135 e. The Kier molecular flexibility index (Phi) is 5.15. The van der Waals surface area contributed by atoms with Crippen LogP contribution in [0, 0.1) is 12.3 Å². The lowest BCUT2D eigenvalue weighted by molar-refractivity contribution is -0.121. The van der Waals surface area contributed by atoms with Gasteiger partial charge in [0.2, 0.25) is 0 Å². The second kappa shape index (κ2) is 6.85. The standard InChI is InChI=1S/C15H17BrN2O/c1-2-15(12-3-5-13(16)6-4-12)17-11-18-9-7-14(19)8-10-18/h1,3-6,15,17H,7-11H2. The number of nitrogens with one attached hydrogen (secondary N) is 1. The van der Waals surface area contributed by atoms with Crippen molar-refractivity contribution < 1.29 is 4.79 Å². The number of terminal acetylenes is 1. The van der Waals surface area contributed by atoms with Crippen LogP contribution in [0.15, 0.2) is 28.7 Å². The van der Waals surface area contributed by atoms with Crippen molar-refractivity contribution in [2.75, 3.05) is 19.8 Å². The summed E-state index contributed by atoms with van der Waals surface area (Å²) in [6.07, 6.45) is 6.89. The Morgan fingerprint density at radius 1 is 1.32 bits per heavy atom. The Morgan fingerprint density at radius 3 is 2.53 bits per heavy atom. The number of ketones is 1. The summed E-state index contributed by atoms with van der Waals surface area (Å²) in [4.78, 5) is 13.4. The van der Waals surface area contributed by atoms with E-state index >= 15 is 0 Å². The summed E-state index contributed by atoms with van der Waals surface area (Å²) in [6.45, 7) is 2.37. The van der Waals surface area contributed by atoms with Gasteiger partial charge in [-0.2, -0.15) is 0 Å². The summed E-state index contributed by atoms with van der Waals surface area (Å²) in [7, 11) is 0. The number of likely N-dealkylation sites (tertiary alicyclic amines) is 1. The van der Waals surface area contributed by atoms with E-state index < -0.39 is 0 Å². The second-order valence-electron chi connectivity index (χ2n) is 4.67. The lowest BCUT2D eigenvalue weighted by atomic mass is 10.1. The molecule has 4 heteroatoms. The van der Waals surface area contributed by atoms with Gasteiger partial charge in [-0.1, -0.05) is 34.0 Å². The van der Waals surface area contributed by atoms with E-state index in [4.69, 9.17) is 6.42 Å². The monoisotopic (exact) mass is 320 g/mol. The van der Waals surface area contributed by atoms with Gasteiger partial charge >= 0.3 is 0 Å². The molecule has 0 radical (unpaired) electrons. The first-order chi connectivity index (χ1) is 9.19.